The van der Waals surface area contributed by atoms with Crippen molar-refractivity contribution in [2.45, 2.75) is 6.42 Å². The molecule has 2 aromatic rings. The first kappa shape index (κ1) is 18.2. The molecule has 3 rings (SSSR count). The molecule has 1 saturated heterocycles. The van der Waals surface area contributed by atoms with Crippen LogP contribution in [0, 0.1) is 10.1 Å². The fraction of sp³-hybridized carbons (Fsp3) is 0.0625. The van der Waals surface area contributed by atoms with Crippen LogP contribution in [0.3, 0.4) is 0 Å². The highest BCUT2D eigenvalue weighted by molar-refractivity contribution is 8.18. The van der Waals surface area contributed by atoms with E-state index in [1.54, 1.807) is 6.07 Å². The fourth-order valence-electron chi connectivity index (χ4n) is 2.27. The molecule has 27 heavy (non-hydrogen) atoms. The van der Waals surface area contributed by atoms with Crippen molar-refractivity contribution in [2.75, 3.05) is 5.32 Å². The summed E-state index contributed by atoms with van der Waals surface area (Å²) in [6, 6.07) is 5.78. The highest BCUT2D eigenvalue weighted by Gasteiger charge is 2.25. The van der Waals surface area contributed by atoms with E-state index in [0.717, 1.165) is 0 Å². The molecule has 1 fully saturated rings. The van der Waals surface area contributed by atoms with Crippen LogP contribution in [-0.2, 0) is 16.0 Å². The molecule has 1 aromatic heterocycles. The Hall–Kier alpha value is -3.60. The van der Waals surface area contributed by atoms with E-state index >= 15 is 0 Å². The molecule has 1 aromatic carbocycles. The maximum absolute atomic E-state index is 12.1. The number of benzene rings is 1. The van der Waals surface area contributed by atoms with Crippen LogP contribution in [-0.4, -0.2) is 31.9 Å². The largest absolute Gasteiger partial charge is 0.294 e. The summed E-state index contributed by atoms with van der Waals surface area (Å²) in [7, 11) is 0. The van der Waals surface area contributed by atoms with E-state index in [4.69, 9.17) is 0 Å². The molecule has 0 bridgehead atoms. The number of nitrogens with zero attached hydrogens (tertiary/aromatic N) is 3. The Morgan fingerprint density at radius 2 is 2.04 bits per heavy atom. The number of amides is 3. The van der Waals surface area contributed by atoms with Gasteiger partial charge in [-0.05, 0) is 29.5 Å². The van der Waals surface area contributed by atoms with Crippen LogP contribution in [0.1, 0.15) is 11.1 Å². The number of nitro benzene ring substituents is 1. The van der Waals surface area contributed by atoms with Gasteiger partial charge in [0.25, 0.3) is 16.8 Å². The number of hydrogen-bond acceptors (Lipinski definition) is 8. The molecule has 1 aliphatic heterocycles. The van der Waals surface area contributed by atoms with Gasteiger partial charge in [0.2, 0.25) is 11.9 Å². The number of anilines is 1. The van der Waals surface area contributed by atoms with Crippen molar-refractivity contribution in [3.63, 3.8) is 0 Å². The number of carbonyl (C=O) groups is 3. The minimum absolute atomic E-state index is 0.0976. The third-order valence-electron chi connectivity index (χ3n) is 3.41. The third kappa shape index (κ3) is 4.52. The zero-order valence-electron chi connectivity index (χ0n) is 13.5. The molecule has 0 radical (unpaired) electrons. The molecule has 0 atom stereocenters. The molecule has 10 nitrogen and oxygen atoms in total. The Balaban J connectivity index is 1.81. The van der Waals surface area contributed by atoms with Crippen LogP contribution < -0.4 is 10.6 Å². The number of carbonyl (C=O) groups excluding carboxylic acids is 3. The van der Waals surface area contributed by atoms with Crippen molar-refractivity contribution in [1.29, 1.82) is 0 Å². The second-order valence-corrected chi connectivity index (χ2v) is 6.31. The van der Waals surface area contributed by atoms with E-state index < -0.39 is 22.0 Å². The van der Waals surface area contributed by atoms with Crippen LogP contribution >= 0.6 is 11.8 Å². The van der Waals surface area contributed by atoms with Gasteiger partial charge in [-0.3, -0.25) is 35.1 Å². The van der Waals surface area contributed by atoms with Crippen molar-refractivity contribution in [1.82, 2.24) is 15.3 Å². The van der Waals surface area contributed by atoms with Gasteiger partial charge in [-0.1, -0.05) is 12.1 Å². The Labute approximate surface area is 156 Å². The maximum Gasteiger partial charge on any atom is 0.290 e. The minimum atomic E-state index is -0.614. The first-order valence-electron chi connectivity index (χ1n) is 7.51. The van der Waals surface area contributed by atoms with Gasteiger partial charge in [0.05, 0.1) is 16.2 Å². The SMILES string of the molecule is O=C(Cc1ccc(/C=C2\SC(=O)NC2=O)cc1[N+](=O)[O-])Nc1ncccn1. The van der Waals surface area contributed by atoms with Gasteiger partial charge < -0.3 is 0 Å². The number of hydrogen-bond donors (Lipinski definition) is 2. The molecule has 0 unspecified atom stereocenters. The summed E-state index contributed by atoms with van der Waals surface area (Å²) < 4.78 is 0. The quantitative estimate of drug-likeness (QED) is 0.451. The fourth-order valence-corrected chi connectivity index (χ4v) is 2.95. The topological polar surface area (TPSA) is 144 Å². The molecule has 0 aliphatic carbocycles. The Bertz CT molecular complexity index is 976. The first-order chi connectivity index (χ1) is 12.9. The van der Waals surface area contributed by atoms with E-state index in [0.29, 0.717) is 17.3 Å². The van der Waals surface area contributed by atoms with Crippen LogP contribution in [0.15, 0.2) is 41.6 Å². The van der Waals surface area contributed by atoms with Crippen molar-refractivity contribution in [2.24, 2.45) is 0 Å². The summed E-state index contributed by atoms with van der Waals surface area (Å²) in [5, 5.41) is 15.4. The predicted octanol–water partition coefficient (Wildman–Crippen LogP) is 1.89. The van der Waals surface area contributed by atoms with Gasteiger partial charge in [0.15, 0.2) is 0 Å². The molecule has 0 spiro atoms. The van der Waals surface area contributed by atoms with E-state index in [-0.39, 0.29) is 28.5 Å². The smallest absolute Gasteiger partial charge is 0.290 e. The molecule has 2 heterocycles. The molecule has 11 heteroatoms. The van der Waals surface area contributed by atoms with E-state index in [2.05, 4.69) is 20.6 Å². The maximum atomic E-state index is 12.1. The molecule has 2 N–H and O–H groups in total. The highest BCUT2D eigenvalue weighted by Crippen LogP contribution is 2.28. The summed E-state index contributed by atoms with van der Waals surface area (Å²) >= 11 is 0.713. The molecule has 0 saturated carbocycles. The summed E-state index contributed by atoms with van der Waals surface area (Å²) in [4.78, 5) is 53.4. The molecular formula is C16H11N5O5S. The number of nitrogens with one attached hydrogen (secondary N) is 2. The third-order valence-corrected chi connectivity index (χ3v) is 4.22. The van der Waals surface area contributed by atoms with Crippen LogP contribution in [0.25, 0.3) is 6.08 Å². The predicted molar refractivity (Wildman–Crippen MR) is 96.6 cm³/mol. The summed E-state index contributed by atoms with van der Waals surface area (Å²) in [6.07, 6.45) is 4.03. The average molecular weight is 385 g/mol. The van der Waals surface area contributed by atoms with Crippen LogP contribution in [0.4, 0.5) is 16.4 Å². The average Bonchev–Trinajstić information content (AvgIpc) is 2.94. The van der Waals surface area contributed by atoms with Crippen molar-refractivity contribution >= 4 is 46.5 Å². The highest BCUT2D eigenvalue weighted by atomic mass is 32.2. The van der Waals surface area contributed by atoms with Crippen molar-refractivity contribution in [3.05, 3.63) is 62.8 Å². The number of aromatic nitrogens is 2. The zero-order valence-corrected chi connectivity index (χ0v) is 14.4. The van der Waals surface area contributed by atoms with Crippen LogP contribution in [0.5, 0.6) is 0 Å². The standard InChI is InChI=1S/C16H11N5O5S/c22-13(19-15-17-4-1-5-18-15)8-10-3-2-9(6-11(10)21(25)26)7-12-14(23)20-16(24)27-12/h1-7H,8H2,(H,20,23,24)(H,17,18,19,22)/b12-7-. The van der Waals surface area contributed by atoms with E-state index in [1.165, 1.54) is 36.7 Å². The summed E-state index contributed by atoms with van der Waals surface area (Å²) in [5.41, 5.74) is 0.281. The second-order valence-electron chi connectivity index (χ2n) is 5.29. The zero-order chi connectivity index (χ0) is 19.4. The van der Waals surface area contributed by atoms with Gasteiger partial charge in [0, 0.05) is 24.0 Å². The molecular weight excluding hydrogens is 374 g/mol. The van der Waals surface area contributed by atoms with Gasteiger partial charge in [0.1, 0.15) is 0 Å². The number of rotatable bonds is 5. The Morgan fingerprint density at radius 1 is 1.30 bits per heavy atom. The lowest BCUT2D eigenvalue weighted by molar-refractivity contribution is -0.385. The summed E-state index contributed by atoms with van der Waals surface area (Å²) in [6.45, 7) is 0. The van der Waals surface area contributed by atoms with Crippen molar-refractivity contribution < 1.29 is 19.3 Å². The Morgan fingerprint density at radius 3 is 2.67 bits per heavy atom. The normalized spacial score (nSPS) is 14.9. The summed E-state index contributed by atoms with van der Waals surface area (Å²) in [5.74, 6) is -0.967. The van der Waals surface area contributed by atoms with Gasteiger partial charge >= 0.3 is 0 Å². The lowest BCUT2D eigenvalue weighted by Gasteiger charge is -2.05. The second kappa shape index (κ2) is 7.74. The number of nitro groups is 1. The van der Waals surface area contributed by atoms with E-state index in [9.17, 15) is 24.5 Å². The number of imide groups is 1. The molecule has 136 valence electrons. The monoisotopic (exact) mass is 385 g/mol. The van der Waals surface area contributed by atoms with Crippen molar-refractivity contribution in [3.8, 4) is 0 Å². The van der Waals surface area contributed by atoms with Gasteiger partial charge in [-0.15, -0.1) is 0 Å². The van der Waals surface area contributed by atoms with Gasteiger partial charge in [-0.2, -0.15) is 0 Å². The van der Waals surface area contributed by atoms with E-state index in [1.807, 2.05) is 0 Å². The first-order valence-corrected chi connectivity index (χ1v) is 8.33. The van der Waals surface area contributed by atoms with Crippen LogP contribution in [0.2, 0.25) is 0 Å². The minimum Gasteiger partial charge on any atom is -0.294 e. The lowest BCUT2D eigenvalue weighted by Crippen LogP contribution is -2.17. The van der Waals surface area contributed by atoms with Gasteiger partial charge in [-0.25, -0.2) is 9.97 Å². The Kier molecular flexibility index (Phi) is 5.22. The molecule has 3 amide bonds. The lowest BCUT2D eigenvalue weighted by atomic mass is 10.1. The molecule has 1 aliphatic rings. The number of thioether (sulfide) groups is 1.